The van der Waals surface area contributed by atoms with E-state index >= 15 is 0 Å². The van der Waals surface area contributed by atoms with Crippen LogP contribution in [0.1, 0.15) is 11.1 Å². The molecule has 0 bridgehead atoms. The lowest BCUT2D eigenvalue weighted by atomic mass is 10.1. The summed E-state index contributed by atoms with van der Waals surface area (Å²) >= 11 is 0. The topological polar surface area (TPSA) is 43.3 Å². The third-order valence-corrected chi connectivity index (χ3v) is 3.94. The van der Waals surface area contributed by atoms with Crippen LogP contribution in [0.2, 0.25) is 0 Å². The van der Waals surface area contributed by atoms with Gasteiger partial charge in [0, 0.05) is 32.0 Å². The number of ether oxygens (including phenoxy) is 1. The fourth-order valence-electron chi connectivity index (χ4n) is 2.88. The zero-order valence-electron chi connectivity index (χ0n) is 12.2. The highest BCUT2D eigenvalue weighted by Gasteiger charge is 2.20. The van der Waals surface area contributed by atoms with E-state index < -0.39 is 0 Å². The molecule has 2 aromatic rings. The number of benzene rings is 1. The number of hydrogen-bond donors (Lipinski definition) is 1. The Labute approximate surface area is 124 Å². The summed E-state index contributed by atoms with van der Waals surface area (Å²) < 4.78 is 6.72. The van der Waals surface area contributed by atoms with Crippen molar-refractivity contribution in [1.82, 2.24) is 4.57 Å². The van der Waals surface area contributed by atoms with Crippen molar-refractivity contribution in [2.75, 3.05) is 19.0 Å². The summed E-state index contributed by atoms with van der Waals surface area (Å²) in [5.74, 6) is 0. The summed E-state index contributed by atoms with van der Waals surface area (Å²) in [6, 6.07) is 12.4. The summed E-state index contributed by atoms with van der Waals surface area (Å²) in [5, 5.41) is 3.53. The van der Waals surface area contributed by atoms with E-state index in [1.165, 1.54) is 11.1 Å². The van der Waals surface area contributed by atoms with Crippen LogP contribution in [0.5, 0.6) is 0 Å². The highest BCUT2D eigenvalue weighted by atomic mass is 16.5. The second-order valence-electron chi connectivity index (χ2n) is 5.46. The molecule has 0 aliphatic heterocycles. The number of rotatable bonds is 5. The van der Waals surface area contributed by atoms with Gasteiger partial charge in [-0.3, -0.25) is 4.79 Å². The largest absolute Gasteiger partial charge is 0.383 e. The molecule has 110 valence electrons. The highest BCUT2D eigenvalue weighted by Crippen LogP contribution is 2.24. The van der Waals surface area contributed by atoms with Gasteiger partial charge >= 0.3 is 0 Å². The predicted octanol–water partition coefficient (Wildman–Crippen LogP) is 2.07. The molecule has 1 aliphatic rings. The first-order chi connectivity index (χ1) is 10.3. The number of fused-ring (bicyclic) bond motifs is 1. The molecule has 4 heteroatoms. The molecule has 21 heavy (non-hydrogen) atoms. The van der Waals surface area contributed by atoms with Gasteiger partial charge in [0.1, 0.15) is 0 Å². The molecule has 0 unspecified atom stereocenters. The van der Waals surface area contributed by atoms with E-state index in [0.717, 1.165) is 18.5 Å². The molecule has 0 radical (unpaired) electrons. The van der Waals surface area contributed by atoms with Crippen molar-refractivity contribution in [3.8, 4) is 0 Å². The summed E-state index contributed by atoms with van der Waals surface area (Å²) in [6.45, 7) is 1.12. The van der Waals surface area contributed by atoms with Crippen LogP contribution in [0.15, 0.2) is 47.4 Å². The van der Waals surface area contributed by atoms with Crippen molar-refractivity contribution in [3.05, 3.63) is 64.1 Å². The van der Waals surface area contributed by atoms with Crippen molar-refractivity contribution in [1.29, 1.82) is 0 Å². The Morgan fingerprint density at radius 3 is 2.57 bits per heavy atom. The van der Waals surface area contributed by atoms with E-state index in [0.29, 0.717) is 19.2 Å². The van der Waals surface area contributed by atoms with Crippen LogP contribution in [0.25, 0.3) is 0 Å². The lowest BCUT2D eigenvalue weighted by Gasteiger charge is -2.15. The average Bonchev–Trinajstić information content (AvgIpc) is 2.90. The Balaban J connectivity index is 1.70. The quantitative estimate of drug-likeness (QED) is 0.914. The maximum Gasteiger partial charge on any atom is 0.250 e. The van der Waals surface area contributed by atoms with E-state index in [-0.39, 0.29) is 5.56 Å². The molecule has 1 aliphatic carbocycles. The van der Waals surface area contributed by atoms with Crippen molar-refractivity contribution in [2.45, 2.75) is 25.4 Å². The van der Waals surface area contributed by atoms with Crippen LogP contribution >= 0.6 is 0 Å². The Kier molecular flexibility index (Phi) is 4.06. The lowest BCUT2D eigenvalue weighted by Crippen LogP contribution is -2.24. The number of aromatic nitrogens is 1. The van der Waals surface area contributed by atoms with Gasteiger partial charge in [-0.1, -0.05) is 24.3 Å². The minimum absolute atomic E-state index is 0.00677. The Bertz CT molecular complexity index is 653. The Hall–Kier alpha value is -2.07. The molecule has 0 amide bonds. The molecule has 1 heterocycles. The summed E-state index contributed by atoms with van der Waals surface area (Å²) in [4.78, 5) is 11.8. The van der Waals surface area contributed by atoms with Crippen molar-refractivity contribution < 1.29 is 4.74 Å². The number of hydrogen-bond acceptors (Lipinski definition) is 3. The standard InChI is InChI=1S/C17H20N2O2/c1-21-9-8-19-12-15(6-7-17(19)20)18-16-10-13-4-2-3-5-14(13)11-16/h2-7,12,16,18H,8-11H2,1H3. The molecule has 0 saturated carbocycles. The molecule has 0 fully saturated rings. The second-order valence-corrected chi connectivity index (χ2v) is 5.46. The molecule has 0 saturated heterocycles. The van der Waals surface area contributed by atoms with E-state index in [4.69, 9.17) is 4.74 Å². The lowest BCUT2D eigenvalue weighted by molar-refractivity contribution is 0.186. The van der Waals surface area contributed by atoms with E-state index in [2.05, 4.69) is 29.6 Å². The van der Waals surface area contributed by atoms with Crippen LogP contribution in [0.4, 0.5) is 5.69 Å². The van der Waals surface area contributed by atoms with Crippen LogP contribution in [0, 0.1) is 0 Å². The van der Waals surface area contributed by atoms with Crippen molar-refractivity contribution in [3.63, 3.8) is 0 Å². The molecule has 0 atom stereocenters. The van der Waals surface area contributed by atoms with Crippen LogP contribution in [0.3, 0.4) is 0 Å². The van der Waals surface area contributed by atoms with Crippen molar-refractivity contribution >= 4 is 5.69 Å². The van der Waals surface area contributed by atoms with E-state index in [1.807, 2.05) is 12.3 Å². The number of anilines is 1. The molecule has 4 nitrogen and oxygen atoms in total. The molecule has 0 spiro atoms. The molecule has 1 aromatic heterocycles. The predicted molar refractivity (Wildman–Crippen MR) is 83.8 cm³/mol. The van der Waals surface area contributed by atoms with Crippen LogP contribution in [-0.2, 0) is 24.1 Å². The first kappa shape index (κ1) is 13.9. The van der Waals surface area contributed by atoms with Gasteiger partial charge in [-0.25, -0.2) is 0 Å². The SMILES string of the molecule is COCCn1cc(NC2Cc3ccccc3C2)ccc1=O. The number of nitrogens with zero attached hydrogens (tertiary/aromatic N) is 1. The maximum atomic E-state index is 11.8. The molecule has 1 aromatic carbocycles. The highest BCUT2D eigenvalue weighted by molar-refractivity contribution is 5.45. The zero-order chi connectivity index (χ0) is 14.7. The van der Waals surface area contributed by atoms with Gasteiger partial charge in [0.25, 0.3) is 5.56 Å². The zero-order valence-corrected chi connectivity index (χ0v) is 12.2. The van der Waals surface area contributed by atoms with Gasteiger partial charge < -0.3 is 14.6 Å². The van der Waals surface area contributed by atoms with Crippen molar-refractivity contribution in [2.24, 2.45) is 0 Å². The molecular formula is C17H20N2O2. The Morgan fingerprint density at radius 2 is 1.90 bits per heavy atom. The maximum absolute atomic E-state index is 11.8. The van der Waals surface area contributed by atoms with Gasteiger partial charge in [-0.2, -0.15) is 0 Å². The number of pyridine rings is 1. The van der Waals surface area contributed by atoms with Crippen LogP contribution < -0.4 is 10.9 Å². The first-order valence-electron chi connectivity index (χ1n) is 7.29. The summed E-state index contributed by atoms with van der Waals surface area (Å²) in [6.07, 6.45) is 3.95. The minimum Gasteiger partial charge on any atom is -0.383 e. The fourth-order valence-corrected chi connectivity index (χ4v) is 2.88. The third-order valence-electron chi connectivity index (χ3n) is 3.94. The second kappa shape index (κ2) is 6.14. The monoisotopic (exact) mass is 284 g/mol. The van der Waals surface area contributed by atoms with Gasteiger partial charge in [0.15, 0.2) is 0 Å². The smallest absolute Gasteiger partial charge is 0.250 e. The van der Waals surface area contributed by atoms with Gasteiger partial charge in [0.05, 0.1) is 12.3 Å². The summed E-state index contributed by atoms with van der Waals surface area (Å²) in [7, 11) is 1.64. The number of nitrogens with one attached hydrogen (secondary N) is 1. The van der Waals surface area contributed by atoms with E-state index in [9.17, 15) is 4.79 Å². The third kappa shape index (κ3) is 3.16. The number of methoxy groups -OCH3 is 1. The fraction of sp³-hybridized carbons (Fsp3) is 0.353. The first-order valence-corrected chi connectivity index (χ1v) is 7.29. The normalized spacial score (nSPS) is 14.1. The summed E-state index contributed by atoms with van der Waals surface area (Å²) in [5.41, 5.74) is 3.83. The molecular weight excluding hydrogens is 264 g/mol. The van der Waals surface area contributed by atoms with Gasteiger partial charge in [-0.05, 0) is 30.0 Å². The van der Waals surface area contributed by atoms with E-state index in [1.54, 1.807) is 17.7 Å². The van der Waals surface area contributed by atoms with Crippen LogP contribution in [-0.4, -0.2) is 24.3 Å². The Morgan fingerprint density at radius 1 is 1.19 bits per heavy atom. The molecule has 3 rings (SSSR count). The average molecular weight is 284 g/mol. The minimum atomic E-state index is 0.00677. The van der Waals surface area contributed by atoms with Gasteiger partial charge in [-0.15, -0.1) is 0 Å². The van der Waals surface area contributed by atoms with Gasteiger partial charge in [0.2, 0.25) is 0 Å². The molecule has 1 N–H and O–H groups in total.